The Labute approximate surface area is 182 Å². The highest BCUT2D eigenvalue weighted by Crippen LogP contribution is 2.19. The highest BCUT2D eigenvalue weighted by molar-refractivity contribution is 5.89. The van der Waals surface area contributed by atoms with Crippen LogP contribution in [-0.2, 0) is 4.79 Å². The van der Waals surface area contributed by atoms with Gasteiger partial charge in [-0.3, -0.25) is 14.9 Å². The topological polar surface area (TPSA) is 133 Å². The number of nitrogens with zero attached hydrogens (tertiary/aromatic N) is 2. The second-order valence-electron chi connectivity index (χ2n) is 6.68. The maximum Gasteiger partial charge on any atom is 0.433 e. The molecule has 10 nitrogen and oxygen atoms in total. The highest BCUT2D eigenvalue weighted by Gasteiger charge is 2.19. The minimum Gasteiger partial charge on any atom is -0.484 e. The molecular formula is C22H19N3O7. The van der Waals surface area contributed by atoms with Crippen LogP contribution in [-0.4, -0.2) is 29.6 Å². The molecular weight excluding hydrogens is 418 g/mol. The lowest BCUT2D eigenvalue weighted by Crippen LogP contribution is -2.24. The number of carbonyl (C=O) groups is 2. The van der Waals surface area contributed by atoms with Crippen LogP contribution >= 0.6 is 0 Å². The first kappa shape index (κ1) is 22.2. The zero-order chi connectivity index (χ0) is 23.1. The standard InChI is InChI=1S/C22H19N3O7/c1-14-6-7-17(10-15(14)2)30-13-20(26)24-23-12-16-4-3-5-18(11-16)31-22(27)19-8-9-21(32-19)25(28)29/h3-12H,13H2,1-2H3,(H,24,26)/b23-12-. The predicted octanol–water partition coefficient (Wildman–Crippen LogP) is 3.55. The number of amides is 1. The number of carbonyl (C=O) groups excluding carboxylic acids is 2. The van der Waals surface area contributed by atoms with E-state index in [1.807, 2.05) is 26.0 Å². The summed E-state index contributed by atoms with van der Waals surface area (Å²) in [5.41, 5.74) is 5.08. The van der Waals surface area contributed by atoms with Crippen molar-refractivity contribution in [3.8, 4) is 11.5 Å². The number of ether oxygens (including phenoxy) is 2. The first-order valence-electron chi connectivity index (χ1n) is 9.40. The number of furan rings is 1. The van der Waals surface area contributed by atoms with E-state index in [9.17, 15) is 19.7 Å². The first-order valence-corrected chi connectivity index (χ1v) is 9.40. The molecule has 1 heterocycles. The molecule has 2 aromatic carbocycles. The smallest absolute Gasteiger partial charge is 0.433 e. The molecule has 0 atom stereocenters. The van der Waals surface area contributed by atoms with Crippen molar-refractivity contribution < 1.29 is 28.4 Å². The van der Waals surface area contributed by atoms with Crippen LogP contribution in [0.1, 0.15) is 27.2 Å². The molecule has 1 aromatic heterocycles. The van der Waals surface area contributed by atoms with Gasteiger partial charge in [0, 0.05) is 0 Å². The van der Waals surface area contributed by atoms with Gasteiger partial charge in [-0.2, -0.15) is 5.10 Å². The maximum absolute atomic E-state index is 12.1. The van der Waals surface area contributed by atoms with Crippen LogP contribution in [0.15, 0.2) is 64.1 Å². The summed E-state index contributed by atoms with van der Waals surface area (Å²) in [4.78, 5) is 33.8. The van der Waals surface area contributed by atoms with Gasteiger partial charge in [0.2, 0.25) is 5.76 Å². The van der Waals surface area contributed by atoms with E-state index in [-0.39, 0.29) is 18.1 Å². The Hall–Kier alpha value is -4.47. The molecule has 1 N–H and O–H groups in total. The second kappa shape index (κ2) is 10.0. The number of hydrogen-bond donors (Lipinski definition) is 1. The summed E-state index contributed by atoms with van der Waals surface area (Å²) >= 11 is 0. The van der Waals surface area contributed by atoms with E-state index in [4.69, 9.17) is 13.9 Å². The zero-order valence-corrected chi connectivity index (χ0v) is 17.2. The van der Waals surface area contributed by atoms with E-state index in [2.05, 4.69) is 10.5 Å². The van der Waals surface area contributed by atoms with Crippen LogP contribution in [0.25, 0.3) is 0 Å². The fourth-order valence-corrected chi connectivity index (χ4v) is 2.51. The van der Waals surface area contributed by atoms with Gasteiger partial charge < -0.3 is 13.9 Å². The Morgan fingerprint density at radius 1 is 1.09 bits per heavy atom. The van der Waals surface area contributed by atoms with Crippen molar-refractivity contribution in [3.05, 3.63) is 87.2 Å². The van der Waals surface area contributed by atoms with Crippen molar-refractivity contribution in [2.75, 3.05) is 6.61 Å². The van der Waals surface area contributed by atoms with Crippen LogP contribution in [0.3, 0.4) is 0 Å². The lowest BCUT2D eigenvalue weighted by atomic mass is 10.1. The molecule has 10 heteroatoms. The average molecular weight is 437 g/mol. The summed E-state index contributed by atoms with van der Waals surface area (Å²) in [5, 5.41) is 14.5. The van der Waals surface area contributed by atoms with Crippen LogP contribution in [0.5, 0.6) is 11.5 Å². The molecule has 3 rings (SSSR count). The van der Waals surface area contributed by atoms with Gasteiger partial charge in [-0.15, -0.1) is 0 Å². The van der Waals surface area contributed by atoms with Gasteiger partial charge in [0.25, 0.3) is 5.91 Å². The minimum absolute atomic E-state index is 0.169. The van der Waals surface area contributed by atoms with Gasteiger partial charge in [-0.05, 0) is 60.9 Å². The fourth-order valence-electron chi connectivity index (χ4n) is 2.51. The molecule has 0 fully saturated rings. The number of hydrogen-bond acceptors (Lipinski definition) is 8. The van der Waals surface area contributed by atoms with Crippen molar-refractivity contribution >= 4 is 24.0 Å². The van der Waals surface area contributed by atoms with E-state index < -0.39 is 22.7 Å². The summed E-state index contributed by atoms with van der Waals surface area (Å²) in [7, 11) is 0. The van der Waals surface area contributed by atoms with Gasteiger partial charge in [0.1, 0.15) is 16.4 Å². The number of nitro groups is 1. The van der Waals surface area contributed by atoms with E-state index in [1.54, 1.807) is 18.2 Å². The Balaban J connectivity index is 1.52. The van der Waals surface area contributed by atoms with Gasteiger partial charge in [-0.25, -0.2) is 10.2 Å². The summed E-state index contributed by atoms with van der Waals surface area (Å²) in [6.07, 6.45) is 1.36. The Morgan fingerprint density at radius 3 is 2.62 bits per heavy atom. The van der Waals surface area contributed by atoms with Gasteiger partial charge in [-0.1, -0.05) is 18.2 Å². The van der Waals surface area contributed by atoms with E-state index in [0.717, 1.165) is 23.3 Å². The molecule has 0 saturated heterocycles. The Morgan fingerprint density at radius 2 is 1.91 bits per heavy atom. The summed E-state index contributed by atoms with van der Waals surface area (Å²) < 4.78 is 15.4. The molecule has 1 amide bonds. The minimum atomic E-state index is -0.885. The van der Waals surface area contributed by atoms with Crippen molar-refractivity contribution in [1.82, 2.24) is 5.43 Å². The van der Waals surface area contributed by atoms with Crippen molar-refractivity contribution in [3.63, 3.8) is 0 Å². The third-order valence-corrected chi connectivity index (χ3v) is 4.29. The molecule has 3 aromatic rings. The van der Waals surface area contributed by atoms with Gasteiger partial charge >= 0.3 is 11.9 Å². The molecule has 0 bridgehead atoms. The third-order valence-electron chi connectivity index (χ3n) is 4.29. The number of esters is 1. The lowest BCUT2D eigenvalue weighted by molar-refractivity contribution is -0.402. The molecule has 0 aliphatic carbocycles. The van der Waals surface area contributed by atoms with E-state index >= 15 is 0 Å². The summed E-state index contributed by atoms with van der Waals surface area (Å²) in [5.74, 6) is -1.43. The number of hydrazone groups is 1. The Kier molecular flexibility index (Phi) is 6.96. The van der Waals surface area contributed by atoms with Crippen LogP contribution in [0, 0.1) is 24.0 Å². The third kappa shape index (κ3) is 6.02. The van der Waals surface area contributed by atoms with Crippen molar-refractivity contribution in [2.24, 2.45) is 5.10 Å². The van der Waals surface area contributed by atoms with E-state index in [1.165, 1.54) is 18.3 Å². The average Bonchev–Trinajstić information content (AvgIpc) is 3.26. The Bertz CT molecular complexity index is 1180. The molecule has 0 radical (unpaired) electrons. The molecule has 0 spiro atoms. The normalized spacial score (nSPS) is 10.7. The quantitative estimate of drug-likeness (QED) is 0.187. The van der Waals surface area contributed by atoms with Gasteiger partial charge in [0.15, 0.2) is 6.61 Å². The monoisotopic (exact) mass is 437 g/mol. The van der Waals surface area contributed by atoms with Crippen LogP contribution in [0.2, 0.25) is 0 Å². The number of benzene rings is 2. The SMILES string of the molecule is Cc1ccc(OCC(=O)N/N=C\c2cccc(OC(=O)c3ccc([N+](=O)[O-])o3)c2)cc1C. The molecule has 164 valence electrons. The van der Waals surface area contributed by atoms with Gasteiger partial charge in [0.05, 0.1) is 12.3 Å². The lowest BCUT2D eigenvalue weighted by Gasteiger charge is -2.07. The molecule has 0 saturated carbocycles. The van der Waals surface area contributed by atoms with E-state index in [0.29, 0.717) is 11.3 Å². The maximum atomic E-state index is 12.1. The number of rotatable bonds is 8. The number of aryl methyl sites for hydroxylation is 2. The molecule has 0 unspecified atom stereocenters. The second-order valence-corrected chi connectivity index (χ2v) is 6.68. The molecule has 0 aliphatic heterocycles. The highest BCUT2D eigenvalue weighted by atomic mass is 16.7. The summed E-state index contributed by atoms with van der Waals surface area (Å²) in [6, 6.07) is 14.1. The van der Waals surface area contributed by atoms with Crippen LogP contribution < -0.4 is 14.9 Å². The number of nitrogens with one attached hydrogen (secondary N) is 1. The first-order chi connectivity index (χ1) is 15.3. The fraction of sp³-hybridized carbons (Fsp3) is 0.136. The molecule has 32 heavy (non-hydrogen) atoms. The van der Waals surface area contributed by atoms with Crippen molar-refractivity contribution in [2.45, 2.75) is 13.8 Å². The van der Waals surface area contributed by atoms with Crippen molar-refractivity contribution in [1.29, 1.82) is 0 Å². The largest absolute Gasteiger partial charge is 0.484 e. The zero-order valence-electron chi connectivity index (χ0n) is 17.2. The van der Waals surface area contributed by atoms with Crippen LogP contribution in [0.4, 0.5) is 5.88 Å². The predicted molar refractivity (Wildman–Crippen MR) is 114 cm³/mol. The summed E-state index contributed by atoms with van der Waals surface area (Å²) in [6.45, 7) is 3.74. The molecule has 0 aliphatic rings.